The zero-order valence-electron chi connectivity index (χ0n) is 11.2. The molecule has 1 heterocycles. The Bertz CT molecular complexity index is 389. The molecule has 1 aliphatic heterocycles. The highest BCUT2D eigenvalue weighted by atomic mass is 16.5. The van der Waals surface area contributed by atoms with Gasteiger partial charge in [0.2, 0.25) is 0 Å². The third-order valence-electron chi connectivity index (χ3n) is 3.43. The number of nitrogens with two attached hydrogens (primary N) is 1. The fraction of sp³-hybridized carbons (Fsp3) is 0.571. The molecule has 1 fully saturated rings. The van der Waals surface area contributed by atoms with Crippen LogP contribution in [0.4, 0.5) is 11.4 Å². The van der Waals surface area contributed by atoms with Gasteiger partial charge in [-0.15, -0.1) is 0 Å². The van der Waals surface area contributed by atoms with Crippen molar-refractivity contribution >= 4 is 11.4 Å². The van der Waals surface area contributed by atoms with Crippen LogP contribution in [0.3, 0.4) is 0 Å². The van der Waals surface area contributed by atoms with Crippen molar-refractivity contribution < 1.29 is 9.47 Å². The fourth-order valence-electron chi connectivity index (χ4n) is 2.42. The SMILES string of the molecule is CCN(CC1CCCO1)c1cccc(OC)c1N. The average Bonchev–Trinajstić information content (AvgIpc) is 2.89. The Kier molecular flexibility index (Phi) is 4.31. The molecule has 4 nitrogen and oxygen atoms in total. The second-order valence-electron chi connectivity index (χ2n) is 4.57. The number of ether oxygens (including phenoxy) is 2. The van der Waals surface area contributed by atoms with Crippen LogP contribution in [0.5, 0.6) is 5.75 Å². The Balaban J connectivity index is 2.15. The monoisotopic (exact) mass is 250 g/mol. The van der Waals surface area contributed by atoms with Crippen molar-refractivity contribution in [1.29, 1.82) is 0 Å². The summed E-state index contributed by atoms with van der Waals surface area (Å²) < 4.78 is 11.0. The standard InChI is InChI=1S/C14H22N2O2/c1-3-16(10-11-6-5-9-18-11)12-7-4-8-13(17-2)14(12)15/h4,7-8,11H,3,5-6,9-10,15H2,1-2H3. The number of nitrogens with zero attached hydrogens (tertiary/aromatic N) is 1. The lowest BCUT2D eigenvalue weighted by Crippen LogP contribution is -2.32. The lowest BCUT2D eigenvalue weighted by atomic mass is 10.2. The topological polar surface area (TPSA) is 47.7 Å². The lowest BCUT2D eigenvalue weighted by molar-refractivity contribution is 0.116. The van der Waals surface area contributed by atoms with Crippen molar-refractivity contribution in [2.24, 2.45) is 0 Å². The number of nitrogen functional groups attached to an aromatic ring is 1. The molecule has 0 aliphatic carbocycles. The molecule has 1 atom stereocenters. The molecule has 18 heavy (non-hydrogen) atoms. The summed E-state index contributed by atoms with van der Waals surface area (Å²) in [7, 11) is 1.64. The molecule has 1 aromatic carbocycles. The van der Waals surface area contributed by atoms with E-state index < -0.39 is 0 Å². The zero-order valence-corrected chi connectivity index (χ0v) is 11.2. The number of methoxy groups -OCH3 is 1. The summed E-state index contributed by atoms with van der Waals surface area (Å²) in [6.45, 7) is 4.83. The first-order chi connectivity index (χ1) is 8.76. The summed E-state index contributed by atoms with van der Waals surface area (Å²) >= 11 is 0. The molecule has 0 saturated carbocycles. The van der Waals surface area contributed by atoms with E-state index >= 15 is 0 Å². The average molecular weight is 250 g/mol. The minimum absolute atomic E-state index is 0.329. The predicted molar refractivity (Wildman–Crippen MR) is 74.3 cm³/mol. The summed E-state index contributed by atoms with van der Waals surface area (Å²) in [6.07, 6.45) is 2.63. The first-order valence-electron chi connectivity index (χ1n) is 6.55. The van der Waals surface area contributed by atoms with Crippen LogP contribution in [0.15, 0.2) is 18.2 Å². The summed E-state index contributed by atoms with van der Waals surface area (Å²) in [5.41, 5.74) is 7.88. The molecule has 1 aromatic rings. The van der Waals surface area contributed by atoms with Crippen LogP contribution in [0.2, 0.25) is 0 Å². The van der Waals surface area contributed by atoms with Gasteiger partial charge in [-0.3, -0.25) is 0 Å². The van der Waals surface area contributed by atoms with E-state index in [0.717, 1.165) is 44.0 Å². The van der Waals surface area contributed by atoms with E-state index in [0.29, 0.717) is 11.8 Å². The van der Waals surface area contributed by atoms with Crippen LogP contribution in [0.1, 0.15) is 19.8 Å². The van der Waals surface area contributed by atoms with Crippen LogP contribution in [-0.2, 0) is 4.74 Å². The maximum Gasteiger partial charge on any atom is 0.143 e. The van der Waals surface area contributed by atoms with E-state index in [1.807, 2.05) is 18.2 Å². The van der Waals surface area contributed by atoms with Crippen molar-refractivity contribution in [2.75, 3.05) is 37.4 Å². The molecule has 0 amide bonds. The molecule has 1 saturated heterocycles. The van der Waals surface area contributed by atoms with Crippen molar-refractivity contribution in [3.05, 3.63) is 18.2 Å². The zero-order chi connectivity index (χ0) is 13.0. The Morgan fingerprint density at radius 3 is 2.94 bits per heavy atom. The smallest absolute Gasteiger partial charge is 0.143 e. The third kappa shape index (κ3) is 2.70. The van der Waals surface area contributed by atoms with Gasteiger partial charge in [0.1, 0.15) is 5.75 Å². The van der Waals surface area contributed by atoms with Crippen LogP contribution in [0, 0.1) is 0 Å². The highest BCUT2D eigenvalue weighted by Crippen LogP contribution is 2.32. The molecule has 0 bridgehead atoms. The number of benzene rings is 1. The maximum absolute atomic E-state index is 6.14. The van der Waals surface area contributed by atoms with Gasteiger partial charge in [-0.2, -0.15) is 0 Å². The molecule has 4 heteroatoms. The summed E-state index contributed by atoms with van der Waals surface area (Å²) in [5.74, 6) is 0.735. The summed E-state index contributed by atoms with van der Waals surface area (Å²) in [6, 6.07) is 5.90. The normalized spacial score (nSPS) is 18.9. The Hall–Kier alpha value is -1.42. The summed E-state index contributed by atoms with van der Waals surface area (Å²) in [4.78, 5) is 2.26. The molecule has 100 valence electrons. The van der Waals surface area contributed by atoms with Crippen molar-refractivity contribution in [2.45, 2.75) is 25.9 Å². The van der Waals surface area contributed by atoms with E-state index in [2.05, 4.69) is 11.8 Å². The first-order valence-corrected chi connectivity index (χ1v) is 6.55. The molecule has 0 aromatic heterocycles. The van der Waals surface area contributed by atoms with E-state index in [9.17, 15) is 0 Å². The van der Waals surface area contributed by atoms with Gasteiger partial charge in [0.25, 0.3) is 0 Å². The highest BCUT2D eigenvalue weighted by Gasteiger charge is 2.20. The Labute approximate surface area is 109 Å². The van der Waals surface area contributed by atoms with Gasteiger partial charge in [0.15, 0.2) is 0 Å². The van der Waals surface area contributed by atoms with E-state index in [1.165, 1.54) is 0 Å². The van der Waals surface area contributed by atoms with E-state index in [1.54, 1.807) is 7.11 Å². The predicted octanol–water partition coefficient (Wildman–Crippen LogP) is 2.28. The van der Waals surface area contributed by atoms with Gasteiger partial charge in [-0.25, -0.2) is 0 Å². The van der Waals surface area contributed by atoms with Crippen LogP contribution in [0.25, 0.3) is 0 Å². The van der Waals surface area contributed by atoms with Crippen LogP contribution < -0.4 is 15.4 Å². The number of hydrogen-bond acceptors (Lipinski definition) is 4. The molecule has 2 rings (SSSR count). The van der Waals surface area contributed by atoms with Crippen molar-refractivity contribution in [3.63, 3.8) is 0 Å². The molecular formula is C14H22N2O2. The van der Waals surface area contributed by atoms with Gasteiger partial charge in [-0.05, 0) is 31.9 Å². The van der Waals surface area contributed by atoms with Gasteiger partial charge < -0.3 is 20.1 Å². The Morgan fingerprint density at radius 2 is 2.33 bits per heavy atom. The molecular weight excluding hydrogens is 228 g/mol. The lowest BCUT2D eigenvalue weighted by Gasteiger charge is -2.27. The van der Waals surface area contributed by atoms with Gasteiger partial charge >= 0.3 is 0 Å². The number of anilines is 2. The third-order valence-corrected chi connectivity index (χ3v) is 3.43. The largest absolute Gasteiger partial charge is 0.495 e. The quantitative estimate of drug-likeness (QED) is 0.814. The van der Waals surface area contributed by atoms with Crippen molar-refractivity contribution in [1.82, 2.24) is 0 Å². The molecule has 2 N–H and O–H groups in total. The van der Waals surface area contributed by atoms with Crippen LogP contribution in [-0.4, -0.2) is 32.9 Å². The summed E-state index contributed by atoms with van der Waals surface area (Å²) in [5, 5.41) is 0. The first kappa shape index (κ1) is 13.0. The van der Waals surface area contributed by atoms with E-state index in [4.69, 9.17) is 15.2 Å². The molecule has 1 unspecified atom stereocenters. The fourth-order valence-corrected chi connectivity index (χ4v) is 2.42. The maximum atomic E-state index is 6.14. The second kappa shape index (κ2) is 5.96. The molecule has 0 spiro atoms. The number of rotatable bonds is 5. The minimum atomic E-state index is 0.329. The van der Waals surface area contributed by atoms with Gasteiger partial charge in [-0.1, -0.05) is 6.07 Å². The molecule has 1 aliphatic rings. The number of hydrogen-bond donors (Lipinski definition) is 1. The van der Waals surface area contributed by atoms with Gasteiger partial charge in [0, 0.05) is 19.7 Å². The second-order valence-corrected chi connectivity index (χ2v) is 4.57. The minimum Gasteiger partial charge on any atom is -0.495 e. The Morgan fingerprint density at radius 1 is 1.50 bits per heavy atom. The number of likely N-dealkylation sites (N-methyl/N-ethyl adjacent to an activating group) is 1. The molecule has 0 radical (unpaired) electrons. The number of para-hydroxylation sites is 1. The van der Waals surface area contributed by atoms with E-state index in [-0.39, 0.29) is 0 Å². The highest BCUT2D eigenvalue weighted by molar-refractivity contribution is 5.74. The van der Waals surface area contributed by atoms with Crippen LogP contribution >= 0.6 is 0 Å². The van der Waals surface area contributed by atoms with Gasteiger partial charge in [0.05, 0.1) is 24.6 Å². The van der Waals surface area contributed by atoms with Crippen molar-refractivity contribution in [3.8, 4) is 5.75 Å².